The number of hydrogen-bond donors (Lipinski definition) is 2. The van der Waals surface area contributed by atoms with E-state index >= 15 is 0 Å². The molecule has 3 N–H and O–H groups in total. The Balaban J connectivity index is 1.70. The topological polar surface area (TPSA) is 72.9 Å². The van der Waals surface area contributed by atoms with Gasteiger partial charge in [-0.25, -0.2) is 4.68 Å². The fourth-order valence-corrected chi connectivity index (χ4v) is 3.34. The number of nitrogens with two attached hydrogens (primary N) is 1. The second kappa shape index (κ2) is 6.09. The van der Waals surface area contributed by atoms with Gasteiger partial charge >= 0.3 is 0 Å². The zero-order valence-corrected chi connectivity index (χ0v) is 13.3. The molecule has 0 aliphatic carbocycles. The summed E-state index contributed by atoms with van der Waals surface area (Å²) in [6.07, 6.45) is 4.28. The fourth-order valence-electron chi connectivity index (χ4n) is 3.34. The van der Waals surface area contributed by atoms with Crippen molar-refractivity contribution < 1.29 is 6.17 Å². The summed E-state index contributed by atoms with van der Waals surface area (Å²) in [5, 5.41) is 8.73. The Bertz CT molecular complexity index is 926. The summed E-state index contributed by atoms with van der Waals surface area (Å²) < 4.78 is 9.62. The van der Waals surface area contributed by atoms with Crippen molar-refractivity contribution in [1.82, 2.24) is 15.1 Å². The third kappa shape index (κ3) is 2.67. The van der Waals surface area contributed by atoms with Crippen LogP contribution in [0.3, 0.4) is 0 Å². The van der Waals surface area contributed by atoms with Crippen LogP contribution in [0.1, 0.15) is 36.1 Å². The predicted molar refractivity (Wildman–Crippen MR) is 94.4 cm³/mol. The molecule has 122 valence electrons. The highest BCUT2D eigenvalue weighted by Crippen LogP contribution is 2.25. The number of benzene rings is 2. The van der Waals surface area contributed by atoms with Gasteiger partial charge in [0.1, 0.15) is 5.52 Å². The van der Waals surface area contributed by atoms with Crippen LogP contribution < -0.4 is 11.1 Å². The molecular weight excluding hydrogens is 300 g/mol. The number of piperidine rings is 1. The lowest BCUT2D eigenvalue weighted by Crippen LogP contribution is -2.28. The van der Waals surface area contributed by atoms with Gasteiger partial charge in [-0.1, -0.05) is 24.3 Å². The standard InChI is InChI=1S/C19H20N4O/c20-19(24)17-5-1-3-15-12-23(22-18(15)17)16-8-6-13(7-9-16)14-4-2-10-21-11-14/h1,3,5-9,12,14,21H,2,4,10-11H2,(H2,20,24)/i5D. The third-order valence-corrected chi connectivity index (χ3v) is 4.64. The molecule has 1 unspecified atom stereocenters. The van der Waals surface area contributed by atoms with Crippen LogP contribution >= 0.6 is 0 Å². The lowest BCUT2D eigenvalue weighted by atomic mass is 9.92. The number of primary amides is 1. The lowest BCUT2D eigenvalue weighted by molar-refractivity contribution is 0.100. The van der Waals surface area contributed by atoms with Gasteiger partial charge in [-0.3, -0.25) is 4.79 Å². The van der Waals surface area contributed by atoms with Crippen molar-refractivity contribution in [3.63, 3.8) is 0 Å². The number of carbonyl (C=O) groups excluding carboxylic acids is 1. The Kier molecular flexibility index (Phi) is 3.49. The highest BCUT2D eigenvalue weighted by molar-refractivity contribution is 6.04. The normalized spacial score (nSPS) is 18.5. The van der Waals surface area contributed by atoms with E-state index in [0.29, 0.717) is 11.4 Å². The molecule has 1 aliphatic rings. The molecule has 1 atom stereocenters. The Morgan fingerprint density at radius 2 is 2.17 bits per heavy atom. The van der Waals surface area contributed by atoms with Gasteiger partial charge in [0, 0.05) is 18.1 Å². The number of hydrogen-bond acceptors (Lipinski definition) is 3. The van der Waals surface area contributed by atoms with Crippen molar-refractivity contribution in [3.8, 4) is 5.69 Å². The quantitative estimate of drug-likeness (QED) is 0.779. The van der Waals surface area contributed by atoms with E-state index in [1.165, 1.54) is 18.4 Å². The summed E-state index contributed by atoms with van der Waals surface area (Å²) in [4.78, 5) is 11.6. The van der Waals surface area contributed by atoms with E-state index in [0.717, 1.165) is 24.2 Å². The van der Waals surface area contributed by atoms with E-state index in [9.17, 15) is 4.79 Å². The number of amides is 1. The largest absolute Gasteiger partial charge is 0.366 e. The van der Waals surface area contributed by atoms with Crippen LogP contribution in [0.5, 0.6) is 0 Å². The van der Waals surface area contributed by atoms with E-state index in [1.54, 1.807) is 16.8 Å². The molecule has 0 spiro atoms. The number of rotatable bonds is 3. The van der Waals surface area contributed by atoms with Gasteiger partial charge < -0.3 is 11.1 Å². The molecule has 2 aromatic carbocycles. The first-order chi connectivity index (χ1) is 12.1. The molecule has 5 nitrogen and oxygen atoms in total. The molecular formula is C19H20N4O. The average molecular weight is 321 g/mol. The van der Waals surface area contributed by atoms with Crippen LogP contribution in [-0.4, -0.2) is 28.8 Å². The smallest absolute Gasteiger partial charge is 0.250 e. The van der Waals surface area contributed by atoms with Gasteiger partial charge in [0.25, 0.3) is 5.91 Å². The van der Waals surface area contributed by atoms with Crippen LogP contribution in [0.15, 0.2) is 48.6 Å². The molecule has 5 heteroatoms. The maximum Gasteiger partial charge on any atom is 0.250 e. The predicted octanol–water partition coefficient (Wildman–Crippen LogP) is 2.59. The first-order valence-corrected chi connectivity index (χ1v) is 8.23. The maximum absolute atomic E-state index is 11.6. The highest BCUT2D eigenvalue weighted by Gasteiger charge is 2.15. The molecule has 0 bridgehead atoms. The van der Waals surface area contributed by atoms with E-state index in [2.05, 4.69) is 22.5 Å². The van der Waals surface area contributed by atoms with Gasteiger partial charge in [-0.15, -0.1) is 0 Å². The van der Waals surface area contributed by atoms with Crippen LogP contribution in [0.4, 0.5) is 0 Å². The Hall–Kier alpha value is -2.66. The molecule has 1 aromatic heterocycles. The van der Waals surface area contributed by atoms with Crippen molar-refractivity contribution in [1.29, 1.82) is 0 Å². The van der Waals surface area contributed by atoms with E-state index in [-0.39, 0.29) is 11.6 Å². The summed E-state index contributed by atoms with van der Waals surface area (Å²) in [5.74, 6) is -0.0622. The van der Waals surface area contributed by atoms with E-state index in [1.807, 2.05) is 18.3 Å². The minimum absolute atomic E-state index is 0.102. The summed E-state index contributed by atoms with van der Waals surface area (Å²) in [6.45, 7) is 2.13. The SMILES string of the molecule is [2H]c1ccc2cn(-c3ccc(C4CCCNC4)cc3)nc2c1C(N)=O. The van der Waals surface area contributed by atoms with E-state index < -0.39 is 5.91 Å². The molecule has 1 saturated heterocycles. The number of fused-ring (bicyclic) bond motifs is 1. The van der Waals surface area contributed by atoms with Gasteiger partial charge in [0.15, 0.2) is 0 Å². The number of nitrogens with zero attached hydrogens (tertiary/aromatic N) is 2. The number of nitrogens with one attached hydrogen (secondary N) is 1. The van der Waals surface area contributed by atoms with Crippen LogP contribution in [0.25, 0.3) is 16.6 Å². The molecule has 1 amide bonds. The molecule has 2 heterocycles. The first-order valence-electron chi connectivity index (χ1n) is 8.73. The summed E-state index contributed by atoms with van der Waals surface area (Å²) >= 11 is 0. The summed E-state index contributed by atoms with van der Waals surface area (Å²) in [5.41, 5.74) is 8.31. The van der Waals surface area contributed by atoms with Crippen molar-refractivity contribution in [3.05, 3.63) is 59.8 Å². The van der Waals surface area contributed by atoms with Crippen LogP contribution in [-0.2, 0) is 0 Å². The van der Waals surface area contributed by atoms with Crippen molar-refractivity contribution in [2.75, 3.05) is 13.1 Å². The first kappa shape index (κ1) is 13.7. The Morgan fingerprint density at radius 3 is 2.88 bits per heavy atom. The highest BCUT2D eigenvalue weighted by atomic mass is 16.1. The second-order valence-corrected chi connectivity index (χ2v) is 6.23. The van der Waals surface area contributed by atoms with Crippen molar-refractivity contribution in [2.24, 2.45) is 5.73 Å². The lowest BCUT2D eigenvalue weighted by Gasteiger charge is -2.23. The van der Waals surface area contributed by atoms with Crippen molar-refractivity contribution >= 4 is 16.8 Å². The summed E-state index contributed by atoms with van der Waals surface area (Å²) in [6, 6.07) is 11.8. The van der Waals surface area contributed by atoms with Crippen molar-refractivity contribution in [2.45, 2.75) is 18.8 Å². The molecule has 24 heavy (non-hydrogen) atoms. The molecule has 1 fully saturated rings. The minimum Gasteiger partial charge on any atom is -0.366 e. The fraction of sp³-hybridized carbons (Fsp3) is 0.263. The van der Waals surface area contributed by atoms with E-state index in [4.69, 9.17) is 7.10 Å². The zero-order valence-electron chi connectivity index (χ0n) is 14.3. The molecule has 0 radical (unpaired) electrons. The average Bonchev–Trinajstić information content (AvgIpc) is 3.06. The van der Waals surface area contributed by atoms with Gasteiger partial charge in [0.05, 0.1) is 12.6 Å². The molecule has 4 rings (SSSR count). The second-order valence-electron chi connectivity index (χ2n) is 6.23. The monoisotopic (exact) mass is 321 g/mol. The number of aromatic nitrogens is 2. The van der Waals surface area contributed by atoms with Crippen LogP contribution in [0.2, 0.25) is 0 Å². The van der Waals surface area contributed by atoms with Gasteiger partial charge in [-0.2, -0.15) is 5.10 Å². The minimum atomic E-state index is -0.624. The Labute approximate surface area is 141 Å². The Morgan fingerprint density at radius 1 is 1.33 bits per heavy atom. The van der Waals surface area contributed by atoms with Gasteiger partial charge in [0.2, 0.25) is 0 Å². The van der Waals surface area contributed by atoms with Crippen LogP contribution in [0, 0.1) is 0 Å². The molecule has 0 saturated carbocycles. The maximum atomic E-state index is 11.6. The zero-order chi connectivity index (χ0) is 17.4. The molecule has 1 aliphatic heterocycles. The number of carbonyl (C=O) groups is 1. The summed E-state index contributed by atoms with van der Waals surface area (Å²) in [7, 11) is 0. The third-order valence-electron chi connectivity index (χ3n) is 4.64. The van der Waals surface area contributed by atoms with Gasteiger partial charge in [-0.05, 0) is 49.0 Å². The molecule has 3 aromatic rings.